The molecule has 6 heterocycles. The number of amides is 1. The molecule has 3 saturated heterocycles. The van der Waals surface area contributed by atoms with Crippen molar-refractivity contribution in [2.75, 3.05) is 72.5 Å². The second kappa shape index (κ2) is 9.51. The summed E-state index contributed by atoms with van der Waals surface area (Å²) < 4.78 is 12.1. The number of hydrogen-bond donors (Lipinski definition) is 1. The zero-order valence-electron chi connectivity index (χ0n) is 21.0. The maximum atomic E-state index is 13.3. The molecule has 0 atom stereocenters. The molecule has 0 saturated carbocycles. The summed E-state index contributed by atoms with van der Waals surface area (Å²) in [7, 11) is 0. The Hall–Kier alpha value is -2.92. The molecule has 1 N–H and O–H groups in total. The Morgan fingerprint density at radius 3 is 2.56 bits per heavy atom. The van der Waals surface area contributed by atoms with E-state index in [-0.39, 0.29) is 17.0 Å². The highest BCUT2D eigenvalue weighted by Crippen LogP contribution is 2.36. The average molecular weight is 512 g/mol. The highest BCUT2D eigenvalue weighted by molar-refractivity contribution is 7.22. The van der Waals surface area contributed by atoms with E-state index < -0.39 is 0 Å². The van der Waals surface area contributed by atoms with Crippen LogP contribution in [0.1, 0.15) is 50.0 Å². The number of ether oxygens (including phenoxy) is 1. The van der Waals surface area contributed by atoms with E-state index in [2.05, 4.69) is 38.8 Å². The molecule has 3 aliphatic heterocycles. The number of carbonyl (C=O) groups excluding carboxylic acids is 1. The van der Waals surface area contributed by atoms with Crippen LogP contribution in [0.2, 0.25) is 0 Å². The minimum Gasteiger partial charge on any atom is -0.431 e. The minimum absolute atomic E-state index is 0.218. The first kappa shape index (κ1) is 23.5. The molecular formula is C25H33N7O3S. The second-order valence-corrected chi connectivity index (χ2v) is 11.6. The topological polar surface area (TPSA) is 99.9 Å². The predicted molar refractivity (Wildman–Crippen MR) is 142 cm³/mol. The van der Waals surface area contributed by atoms with E-state index in [4.69, 9.17) is 19.1 Å². The van der Waals surface area contributed by atoms with E-state index in [0.29, 0.717) is 24.9 Å². The van der Waals surface area contributed by atoms with Gasteiger partial charge in [-0.25, -0.2) is 4.98 Å². The van der Waals surface area contributed by atoms with Gasteiger partial charge >= 0.3 is 0 Å². The van der Waals surface area contributed by atoms with Gasteiger partial charge in [-0.1, -0.05) is 25.2 Å². The first-order chi connectivity index (χ1) is 17.4. The maximum absolute atomic E-state index is 13.3. The number of oxazole rings is 1. The lowest BCUT2D eigenvalue weighted by molar-refractivity contribution is 0.102. The first-order valence-electron chi connectivity index (χ1n) is 12.9. The van der Waals surface area contributed by atoms with Crippen molar-refractivity contribution < 1.29 is 13.9 Å². The van der Waals surface area contributed by atoms with Crippen molar-refractivity contribution in [2.24, 2.45) is 5.41 Å². The molecule has 3 fully saturated rings. The van der Waals surface area contributed by atoms with Crippen LogP contribution in [0.5, 0.6) is 0 Å². The number of thiazole rings is 1. The van der Waals surface area contributed by atoms with E-state index in [1.165, 1.54) is 12.7 Å². The van der Waals surface area contributed by atoms with Gasteiger partial charge in [-0.05, 0) is 37.2 Å². The quantitative estimate of drug-likeness (QED) is 0.545. The van der Waals surface area contributed by atoms with E-state index >= 15 is 0 Å². The summed E-state index contributed by atoms with van der Waals surface area (Å²) in [6.45, 7) is 11.1. The van der Waals surface area contributed by atoms with Crippen molar-refractivity contribution in [3.63, 3.8) is 0 Å². The number of nitrogens with zero attached hydrogens (tertiary/aromatic N) is 6. The number of fused-ring (bicyclic) bond motifs is 1. The lowest BCUT2D eigenvalue weighted by Gasteiger charge is -2.29. The number of rotatable bonds is 5. The van der Waals surface area contributed by atoms with Crippen LogP contribution in [0.25, 0.3) is 10.3 Å². The minimum atomic E-state index is -0.291. The van der Waals surface area contributed by atoms with Gasteiger partial charge in [0.25, 0.3) is 11.9 Å². The van der Waals surface area contributed by atoms with Crippen LogP contribution in [0.3, 0.4) is 0 Å². The number of carbonyl (C=O) groups is 1. The number of pyridine rings is 1. The van der Waals surface area contributed by atoms with Crippen molar-refractivity contribution in [1.29, 1.82) is 0 Å². The normalized spacial score (nSPS) is 20.3. The van der Waals surface area contributed by atoms with Crippen LogP contribution >= 0.6 is 11.3 Å². The van der Waals surface area contributed by atoms with Gasteiger partial charge in [-0.2, -0.15) is 9.97 Å². The lowest BCUT2D eigenvalue weighted by Crippen LogP contribution is -2.36. The lowest BCUT2D eigenvalue weighted by atomic mass is 9.93. The van der Waals surface area contributed by atoms with Crippen molar-refractivity contribution in [3.8, 4) is 0 Å². The van der Waals surface area contributed by atoms with Crippen molar-refractivity contribution in [1.82, 2.24) is 15.0 Å². The predicted octanol–water partition coefficient (Wildman–Crippen LogP) is 3.99. The molecule has 6 rings (SSSR count). The summed E-state index contributed by atoms with van der Waals surface area (Å²) >= 11 is 1.60. The van der Waals surface area contributed by atoms with Crippen LogP contribution in [-0.2, 0) is 4.74 Å². The van der Waals surface area contributed by atoms with Crippen LogP contribution in [0, 0.1) is 5.41 Å². The van der Waals surface area contributed by atoms with Crippen molar-refractivity contribution >= 4 is 50.2 Å². The van der Waals surface area contributed by atoms with Gasteiger partial charge in [0.05, 0.1) is 23.6 Å². The molecule has 192 valence electrons. The molecule has 10 nitrogen and oxygen atoms in total. The standard InChI is InChI=1S/C25H33N7O3S/c1-25(2)6-9-32(16-25)23-27-18(15-35-23)22(33)26-17-14-19-20(28-21(17)30-7-4-3-5-8-30)29-24(36-19)31-10-12-34-13-11-31/h14-15H,3-13,16H2,1-2H3,(H,26,33). The van der Waals surface area contributed by atoms with Crippen LogP contribution in [0.4, 0.5) is 22.7 Å². The molecule has 0 aromatic carbocycles. The third-order valence-corrected chi connectivity index (χ3v) is 8.26. The zero-order chi connectivity index (χ0) is 24.7. The molecule has 0 unspecified atom stereocenters. The molecule has 0 aliphatic carbocycles. The second-order valence-electron chi connectivity index (χ2n) is 10.6. The highest BCUT2D eigenvalue weighted by atomic mass is 32.1. The molecule has 0 bridgehead atoms. The van der Waals surface area contributed by atoms with E-state index in [1.54, 1.807) is 11.3 Å². The maximum Gasteiger partial charge on any atom is 0.297 e. The van der Waals surface area contributed by atoms with E-state index in [0.717, 1.165) is 79.8 Å². The van der Waals surface area contributed by atoms with Crippen LogP contribution in [0.15, 0.2) is 16.7 Å². The fourth-order valence-electron chi connectivity index (χ4n) is 5.15. The van der Waals surface area contributed by atoms with Gasteiger partial charge in [0.2, 0.25) is 0 Å². The van der Waals surface area contributed by atoms with Crippen LogP contribution in [-0.4, -0.2) is 73.3 Å². The number of nitrogens with one attached hydrogen (secondary N) is 1. The molecule has 0 radical (unpaired) electrons. The molecular weight excluding hydrogens is 478 g/mol. The Labute approximate surface area is 214 Å². The molecule has 1 amide bonds. The Balaban J connectivity index is 1.28. The molecule has 3 aromatic rings. The molecule has 11 heteroatoms. The Morgan fingerprint density at radius 1 is 1.00 bits per heavy atom. The summed E-state index contributed by atoms with van der Waals surface area (Å²) in [5.74, 6) is 0.486. The number of aromatic nitrogens is 3. The number of morpholine rings is 1. The van der Waals surface area contributed by atoms with Crippen molar-refractivity contribution in [2.45, 2.75) is 39.5 Å². The smallest absolute Gasteiger partial charge is 0.297 e. The van der Waals surface area contributed by atoms with Gasteiger partial charge in [0.1, 0.15) is 6.26 Å². The van der Waals surface area contributed by atoms with Gasteiger partial charge in [0.15, 0.2) is 22.3 Å². The number of hydrogen-bond acceptors (Lipinski definition) is 10. The summed E-state index contributed by atoms with van der Waals surface area (Å²) in [6, 6.07) is 2.52. The van der Waals surface area contributed by atoms with Crippen molar-refractivity contribution in [3.05, 3.63) is 18.0 Å². The zero-order valence-corrected chi connectivity index (χ0v) is 21.8. The van der Waals surface area contributed by atoms with Gasteiger partial charge in [-0.3, -0.25) is 4.79 Å². The fourth-order valence-corrected chi connectivity index (χ4v) is 6.15. The largest absolute Gasteiger partial charge is 0.431 e. The summed E-state index contributed by atoms with van der Waals surface area (Å²) in [5, 5.41) is 4.03. The molecule has 3 aliphatic rings. The van der Waals surface area contributed by atoms with Crippen LogP contribution < -0.4 is 20.0 Å². The van der Waals surface area contributed by atoms with Gasteiger partial charge in [0, 0.05) is 39.3 Å². The molecule has 0 spiro atoms. The average Bonchev–Trinajstić information content (AvgIpc) is 3.62. The van der Waals surface area contributed by atoms with Gasteiger partial charge in [-0.15, -0.1) is 0 Å². The number of piperidine rings is 1. The number of anilines is 4. The Kier molecular flexibility index (Phi) is 6.20. The third-order valence-electron chi connectivity index (χ3n) is 7.21. The summed E-state index contributed by atoms with van der Waals surface area (Å²) in [4.78, 5) is 34.2. The highest BCUT2D eigenvalue weighted by Gasteiger charge is 2.32. The Bertz CT molecular complexity index is 1240. The first-order valence-corrected chi connectivity index (χ1v) is 13.7. The monoisotopic (exact) mass is 511 g/mol. The fraction of sp³-hybridized carbons (Fsp3) is 0.600. The molecule has 36 heavy (non-hydrogen) atoms. The SMILES string of the molecule is CC1(C)CCN(c2nc(C(=O)Nc3cc4sc(N5CCOCC5)nc4nc3N3CCCCC3)co2)C1. The molecule has 3 aromatic heterocycles. The van der Waals surface area contributed by atoms with E-state index in [1.807, 2.05) is 6.07 Å². The van der Waals surface area contributed by atoms with E-state index in [9.17, 15) is 4.79 Å². The van der Waals surface area contributed by atoms with Gasteiger partial charge < -0.3 is 29.2 Å². The third kappa shape index (κ3) is 4.73. The summed E-state index contributed by atoms with van der Waals surface area (Å²) in [5.41, 5.74) is 1.91. The summed E-state index contributed by atoms with van der Waals surface area (Å²) in [6.07, 6.45) is 5.96. The Morgan fingerprint density at radius 2 is 1.81 bits per heavy atom.